The lowest BCUT2D eigenvalue weighted by atomic mass is 10.1. The van der Waals surface area contributed by atoms with Crippen LogP contribution in [-0.4, -0.2) is 8.42 Å². The van der Waals surface area contributed by atoms with E-state index in [-0.39, 0.29) is 12.4 Å². The van der Waals surface area contributed by atoms with Gasteiger partial charge in [0.25, 0.3) is 10.0 Å². The minimum Gasteiger partial charge on any atom is -0.309 e. The van der Waals surface area contributed by atoms with Gasteiger partial charge in [-0.05, 0) is 53.8 Å². The van der Waals surface area contributed by atoms with E-state index in [2.05, 4.69) is 17.0 Å². The smallest absolute Gasteiger partial charge is 0.261 e. The molecule has 0 spiro atoms. The van der Waals surface area contributed by atoms with Gasteiger partial charge in [0.15, 0.2) is 0 Å². The van der Waals surface area contributed by atoms with E-state index >= 15 is 0 Å². The van der Waals surface area contributed by atoms with E-state index < -0.39 is 10.0 Å². The second-order valence-electron chi connectivity index (χ2n) is 5.94. The molecule has 130 valence electrons. The van der Waals surface area contributed by atoms with Crippen LogP contribution in [0.2, 0.25) is 0 Å². The summed E-state index contributed by atoms with van der Waals surface area (Å²) in [5.41, 5.74) is 4.06. The first kappa shape index (κ1) is 18.8. The van der Waals surface area contributed by atoms with Gasteiger partial charge in [0.1, 0.15) is 0 Å². The Hall–Kier alpha value is -1.56. The average Bonchev–Trinajstić information content (AvgIpc) is 3.01. The second kappa shape index (κ2) is 8.01. The number of benzene rings is 2. The molecule has 1 aliphatic heterocycles. The van der Waals surface area contributed by atoms with Crippen molar-refractivity contribution >= 4 is 28.1 Å². The molecule has 0 saturated heterocycles. The van der Waals surface area contributed by atoms with Gasteiger partial charge in [0.2, 0.25) is 0 Å². The van der Waals surface area contributed by atoms with Crippen molar-refractivity contribution in [2.75, 3.05) is 4.72 Å². The second-order valence-corrected chi connectivity index (χ2v) is 7.62. The van der Waals surface area contributed by atoms with E-state index in [1.807, 2.05) is 30.3 Å². The first-order valence-corrected chi connectivity index (χ1v) is 9.51. The minimum absolute atomic E-state index is 0. The summed E-state index contributed by atoms with van der Waals surface area (Å²) in [4.78, 5) is 0.315. The molecule has 0 unspecified atom stereocenters. The van der Waals surface area contributed by atoms with Crippen molar-refractivity contribution in [2.45, 2.75) is 44.2 Å². The zero-order valence-electron chi connectivity index (χ0n) is 13.7. The topological polar surface area (TPSA) is 58.2 Å². The number of aryl methyl sites for hydroxylation is 1. The Morgan fingerprint density at radius 2 is 1.75 bits per heavy atom. The van der Waals surface area contributed by atoms with Crippen LogP contribution in [0, 0.1) is 0 Å². The van der Waals surface area contributed by atoms with Gasteiger partial charge in [-0.25, -0.2) is 8.42 Å². The first-order valence-electron chi connectivity index (χ1n) is 8.03. The standard InChI is InChI=1S/C18H22N2O2S.ClH/c1-2-3-4-14-5-8-17(9-6-14)20-23(21,22)18-10-7-15-12-19-13-16(15)11-18;/h5-11,19-20H,2-4,12-13H2,1H3;1H. The lowest BCUT2D eigenvalue weighted by molar-refractivity contribution is 0.601. The number of halogens is 1. The summed E-state index contributed by atoms with van der Waals surface area (Å²) in [6.45, 7) is 3.70. The summed E-state index contributed by atoms with van der Waals surface area (Å²) in [5, 5.41) is 3.22. The summed E-state index contributed by atoms with van der Waals surface area (Å²) < 4.78 is 27.7. The number of rotatable bonds is 6. The van der Waals surface area contributed by atoms with Crippen molar-refractivity contribution in [3.63, 3.8) is 0 Å². The third-order valence-electron chi connectivity index (χ3n) is 4.14. The van der Waals surface area contributed by atoms with Crippen LogP contribution >= 0.6 is 12.4 Å². The average molecular weight is 367 g/mol. The molecule has 1 aliphatic rings. The Morgan fingerprint density at radius 3 is 2.46 bits per heavy atom. The van der Waals surface area contributed by atoms with Crippen LogP contribution in [0.5, 0.6) is 0 Å². The molecule has 24 heavy (non-hydrogen) atoms. The van der Waals surface area contributed by atoms with Crippen LogP contribution in [0.1, 0.15) is 36.5 Å². The Bertz CT molecular complexity index is 789. The fourth-order valence-electron chi connectivity index (χ4n) is 2.77. The molecule has 4 nitrogen and oxygen atoms in total. The Kier molecular flexibility index (Phi) is 6.27. The van der Waals surface area contributed by atoms with Crippen molar-refractivity contribution in [3.8, 4) is 0 Å². The number of hydrogen-bond acceptors (Lipinski definition) is 3. The van der Waals surface area contributed by atoms with Gasteiger partial charge in [-0.2, -0.15) is 0 Å². The van der Waals surface area contributed by atoms with E-state index in [0.29, 0.717) is 10.6 Å². The number of unbranched alkanes of at least 4 members (excludes halogenated alkanes) is 1. The predicted molar refractivity (Wildman–Crippen MR) is 100 cm³/mol. The molecule has 2 aromatic carbocycles. The molecule has 0 radical (unpaired) electrons. The maximum atomic E-state index is 12.5. The number of fused-ring (bicyclic) bond motifs is 1. The zero-order valence-corrected chi connectivity index (χ0v) is 15.3. The SMILES string of the molecule is CCCCc1ccc(NS(=O)(=O)c2ccc3c(c2)CNC3)cc1.Cl. The number of nitrogens with one attached hydrogen (secondary N) is 2. The highest BCUT2D eigenvalue weighted by Crippen LogP contribution is 2.22. The molecule has 1 heterocycles. The molecular formula is C18H23ClN2O2S. The highest BCUT2D eigenvalue weighted by molar-refractivity contribution is 7.92. The summed E-state index contributed by atoms with van der Waals surface area (Å²) in [6, 6.07) is 12.9. The normalized spacial score (nSPS) is 13.2. The molecule has 0 amide bonds. The van der Waals surface area contributed by atoms with Crippen molar-refractivity contribution in [2.24, 2.45) is 0 Å². The molecule has 2 N–H and O–H groups in total. The van der Waals surface area contributed by atoms with E-state index in [1.54, 1.807) is 12.1 Å². The van der Waals surface area contributed by atoms with Gasteiger partial charge in [-0.15, -0.1) is 12.4 Å². The fraction of sp³-hybridized carbons (Fsp3) is 0.333. The summed E-state index contributed by atoms with van der Waals surface area (Å²) in [6.07, 6.45) is 3.33. The Labute approximate surface area is 150 Å². The molecule has 0 atom stereocenters. The first-order chi connectivity index (χ1) is 11.1. The monoisotopic (exact) mass is 366 g/mol. The van der Waals surface area contributed by atoms with Crippen LogP contribution in [-0.2, 0) is 29.5 Å². The molecule has 0 aliphatic carbocycles. The van der Waals surface area contributed by atoms with Gasteiger partial charge in [-0.3, -0.25) is 4.72 Å². The molecule has 2 aromatic rings. The molecular weight excluding hydrogens is 344 g/mol. The quantitative estimate of drug-likeness (QED) is 0.816. The summed E-state index contributed by atoms with van der Waals surface area (Å²) >= 11 is 0. The lowest BCUT2D eigenvalue weighted by Gasteiger charge is -2.10. The van der Waals surface area contributed by atoms with Crippen LogP contribution in [0.3, 0.4) is 0 Å². The van der Waals surface area contributed by atoms with Gasteiger partial charge >= 0.3 is 0 Å². The maximum absolute atomic E-state index is 12.5. The number of hydrogen-bond donors (Lipinski definition) is 2. The van der Waals surface area contributed by atoms with Gasteiger partial charge in [0.05, 0.1) is 4.90 Å². The molecule has 6 heteroatoms. The lowest BCUT2D eigenvalue weighted by Crippen LogP contribution is -2.13. The van der Waals surface area contributed by atoms with E-state index in [9.17, 15) is 8.42 Å². The molecule has 3 rings (SSSR count). The molecule has 0 bridgehead atoms. The third-order valence-corrected chi connectivity index (χ3v) is 5.52. The van der Waals surface area contributed by atoms with E-state index in [4.69, 9.17) is 0 Å². The Morgan fingerprint density at radius 1 is 1.04 bits per heavy atom. The Balaban J connectivity index is 0.00000208. The van der Waals surface area contributed by atoms with Gasteiger partial charge < -0.3 is 5.32 Å². The largest absolute Gasteiger partial charge is 0.309 e. The molecule has 0 saturated carbocycles. The number of sulfonamides is 1. The van der Waals surface area contributed by atoms with Crippen molar-refractivity contribution in [1.29, 1.82) is 0 Å². The van der Waals surface area contributed by atoms with Crippen LogP contribution in [0.4, 0.5) is 5.69 Å². The van der Waals surface area contributed by atoms with Crippen molar-refractivity contribution in [3.05, 3.63) is 59.2 Å². The van der Waals surface area contributed by atoms with E-state index in [1.165, 1.54) is 11.1 Å². The summed E-state index contributed by atoms with van der Waals surface area (Å²) in [5.74, 6) is 0. The minimum atomic E-state index is -3.54. The molecule has 0 aromatic heterocycles. The predicted octanol–water partition coefficient (Wildman–Crippen LogP) is 3.86. The van der Waals surface area contributed by atoms with Crippen molar-refractivity contribution in [1.82, 2.24) is 5.32 Å². The van der Waals surface area contributed by atoms with Crippen molar-refractivity contribution < 1.29 is 8.42 Å². The maximum Gasteiger partial charge on any atom is 0.261 e. The highest BCUT2D eigenvalue weighted by atomic mass is 35.5. The van der Waals surface area contributed by atoms with Gasteiger partial charge in [-0.1, -0.05) is 31.5 Å². The van der Waals surface area contributed by atoms with Crippen LogP contribution in [0.15, 0.2) is 47.4 Å². The van der Waals surface area contributed by atoms with E-state index in [0.717, 1.165) is 37.9 Å². The highest BCUT2D eigenvalue weighted by Gasteiger charge is 2.18. The van der Waals surface area contributed by atoms with Gasteiger partial charge in [0, 0.05) is 18.8 Å². The third kappa shape index (κ3) is 4.29. The van der Waals surface area contributed by atoms with Crippen LogP contribution in [0.25, 0.3) is 0 Å². The molecule has 0 fully saturated rings. The number of anilines is 1. The summed E-state index contributed by atoms with van der Waals surface area (Å²) in [7, 11) is -3.54. The van der Waals surface area contributed by atoms with Crippen LogP contribution < -0.4 is 10.0 Å². The fourth-order valence-corrected chi connectivity index (χ4v) is 3.88. The zero-order chi connectivity index (χ0) is 16.3.